The molecule has 0 aliphatic rings. The molecule has 2 aromatic carbocycles. The molecular formula is C15H14SSe. The number of benzene rings is 2. The van der Waals surface area contributed by atoms with Crippen molar-refractivity contribution in [2.24, 2.45) is 0 Å². The minimum atomic E-state index is 0.524. The molecule has 0 fully saturated rings. The zero-order valence-electron chi connectivity index (χ0n) is 9.67. The van der Waals surface area contributed by atoms with E-state index in [1.165, 1.54) is 14.3 Å². The molecule has 86 valence electrons. The Morgan fingerprint density at radius 2 is 1.53 bits per heavy atom. The van der Waals surface area contributed by atoms with Gasteiger partial charge in [0.05, 0.1) is 0 Å². The third-order valence-electron chi connectivity index (χ3n) is 2.25. The van der Waals surface area contributed by atoms with Crippen molar-refractivity contribution in [1.82, 2.24) is 0 Å². The molecule has 2 heteroatoms. The van der Waals surface area contributed by atoms with Crippen molar-refractivity contribution >= 4 is 32.8 Å². The van der Waals surface area contributed by atoms with Crippen molar-refractivity contribution in [3.05, 3.63) is 70.0 Å². The Bertz CT molecular complexity index is 477. The minimum absolute atomic E-state index is 0.524. The summed E-state index contributed by atoms with van der Waals surface area (Å²) in [4.78, 5) is 1.32. The second-order valence-corrected chi connectivity index (χ2v) is 6.97. The van der Waals surface area contributed by atoms with Gasteiger partial charge in [-0.3, -0.25) is 0 Å². The Morgan fingerprint density at radius 1 is 0.941 bits per heavy atom. The van der Waals surface area contributed by atoms with Crippen molar-refractivity contribution in [3.63, 3.8) is 0 Å². The van der Waals surface area contributed by atoms with Crippen molar-refractivity contribution in [3.8, 4) is 0 Å². The molecule has 0 aliphatic heterocycles. The topological polar surface area (TPSA) is 0 Å². The van der Waals surface area contributed by atoms with Gasteiger partial charge in [-0.25, -0.2) is 0 Å². The van der Waals surface area contributed by atoms with Crippen LogP contribution in [0.1, 0.15) is 5.56 Å². The van der Waals surface area contributed by atoms with Gasteiger partial charge in [0, 0.05) is 0 Å². The van der Waals surface area contributed by atoms with Gasteiger partial charge in [-0.2, -0.15) is 0 Å². The quantitative estimate of drug-likeness (QED) is 0.591. The normalized spacial score (nSPS) is 11.5. The van der Waals surface area contributed by atoms with E-state index in [1.807, 2.05) is 11.8 Å². The zero-order chi connectivity index (χ0) is 11.9. The molecule has 0 saturated heterocycles. The fourth-order valence-corrected chi connectivity index (χ4v) is 3.89. The molecular weight excluding hydrogens is 291 g/mol. The van der Waals surface area contributed by atoms with Crippen LogP contribution in [0.3, 0.4) is 0 Å². The average Bonchev–Trinajstić information content (AvgIpc) is 2.40. The molecule has 0 heterocycles. The van der Waals surface area contributed by atoms with Gasteiger partial charge in [0.2, 0.25) is 0 Å². The van der Waals surface area contributed by atoms with Gasteiger partial charge < -0.3 is 0 Å². The standard InChI is InChI=1S/C15H14SSe/c1-17-15(12-13-8-4-2-5-9-13)16-14-10-6-3-7-11-14/h2-12H,1H3/b15-12-. The van der Waals surface area contributed by atoms with Crippen LogP contribution in [0.25, 0.3) is 6.08 Å². The fraction of sp³-hybridized carbons (Fsp3) is 0.0667. The third-order valence-corrected chi connectivity index (χ3v) is 5.56. The van der Waals surface area contributed by atoms with Crippen LogP contribution in [0, 0.1) is 0 Å². The van der Waals surface area contributed by atoms with Gasteiger partial charge >= 0.3 is 114 Å². The van der Waals surface area contributed by atoms with Gasteiger partial charge in [-0.1, -0.05) is 0 Å². The van der Waals surface area contributed by atoms with Gasteiger partial charge in [-0.05, 0) is 0 Å². The summed E-state index contributed by atoms with van der Waals surface area (Å²) in [5.74, 6) is 2.26. The van der Waals surface area contributed by atoms with Crippen LogP contribution in [0.4, 0.5) is 0 Å². The van der Waals surface area contributed by atoms with E-state index in [-0.39, 0.29) is 0 Å². The number of hydrogen-bond donors (Lipinski definition) is 0. The molecule has 0 aliphatic carbocycles. The summed E-state index contributed by atoms with van der Waals surface area (Å²) in [7, 11) is 0. The number of hydrogen-bond acceptors (Lipinski definition) is 1. The molecule has 0 unspecified atom stereocenters. The van der Waals surface area contributed by atoms with Crippen LogP contribution < -0.4 is 0 Å². The first kappa shape index (κ1) is 12.5. The summed E-state index contributed by atoms with van der Waals surface area (Å²) < 4.78 is 1.45. The number of thioether (sulfide) groups is 1. The van der Waals surface area contributed by atoms with Gasteiger partial charge in [0.25, 0.3) is 0 Å². The predicted octanol–water partition coefficient (Wildman–Crippen LogP) is 4.53. The van der Waals surface area contributed by atoms with E-state index >= 15 is 0 Å². The summed E-state index contributed by atoms with van der Waals surface area (Å²) in [6.07, 6.45) is 2.29. The van der Waals surface area contributed by atoms with Gasteiger partial charge in [0.15, 0.2) is 0 Å². The van der Waals surface area contributed by atoms with E-state index in [2.05, 4.69) is 72.6 Å². The molecule has 0 radical (unpaired) electrons. The summed E-state index contributed by atoms with van der Waals surface area (Å²) >= 11 is 2.40. The van der Waals surface area contributed by atoms with Crippen LogP contribution in [0.5, 0.6) is 0 Å². The molecule has 0 nitrogen and oxygen atoms in total. The Balaban J connectivity index is 2.15. The van der Waals surface area contributed by atoms with Crippen LogP contribution in [0.2, 0.25) is 5.82 Å². The van der Waals surface area contributed by atoms with Crippen molar-refractivity contribution < 1.29 is 0 Å². The second kappa shape index (κ2) is 6.70. The summed E-state index contributed by atoms with van der Waals surface area (Å²) in [5.41, 5.74) is 1.29. The SMILES string of the molecule is C[Se]/C(=C\c1ccccc1)Sc1ccccc1. The molecule has 2 rings (SSSR count). The average molecular weight is 305 g/mol. The monoisotopic (exact) mass is 306 g/mol. The molecule has 0 bridgehead atoms. The van der Waals surface area contributed by atoms with E-state index in [9.17, 15) is 0 Å². The first-order valence-electron chi connectivity index (χ1n) is 5.42. The van der Waals surface area contributed by atoms with E-state index in [0.29, 0.717) is 15.0 Å². The van der Waals surface area contributed by atoms with E-state index in [0.717, 1.165) is 0 Å². The predicted molar refractivity (Wildman–Crippen MR) is 78.3 cm³/mol. The van der Waals surface area contributed by atoms with Crippen molar-refractivity contribution in [2.45, 2.75) is 10.7 Å². The Labute approximate surface area is 113 Å². The maximum absolute atomic E-state index is 2.29. The maximum atomic E-state index is 2.29. The summed E-state index contributed by atoms with van der Waals surface area (Å²) in [6, 6.07) is 21.1. The Kier molecular flexibility index (Phi) is 4.93. The molecule has 2 aromatic rings. The molecule has 0 amide bonds. The van der Waals surface area contributed by atoms with Crippen LogP contribution in [-0.2, 0) is 0 Å². The first-order chi connectivity index (χ1) is 8.38. The van der Waals surface area contributed by atoms with E-state index in [4.69, 9.17) is 0 Å². The number of rotatable bonds is 4. The Hall–Kier alpha value is -0.951. The van der Waals surface area contributed by atoms with Crippen molar-refractivity contribution in [2.75, 3.05) is 0 Å². The molecule has 0 saturated carbocycles. The van der Waals surface area contributed by atoms with Gasteiger partial charge in [-0.15, -0.1) is 0 Å². The molecule has 17 heavy (non-hydrogen) atoms. The summed E-state index contributed by atoms with van der Waals surface area (Å²) in [6.45, 7) is 0. The van der Waals surface area contributed by atoms with E-state index < -0.39 is 0 Å². The summed E-state index contributed by atoms with van der Waals surface area (Å²) in [5, 5.41) is 0. The third kappa shape index (κ3) is 4.08. The second-order valence-electron chi connectivity index (χ2n) is 3.49. The molecule has 0 N–H and O–H groups in total. The van der Waals surface area contributed by atoms with E-state index in [1.54, 1.807) is 0 Å². The molecule has 0 spiro atoms. The molecule has 0 atom stereocenters. The van der Waals surface area contributed by atoms with Gasteiger partial charge in [0.1, 0.15) is 0 Å². The zero-order valence-corrected chi connectivity index (χ0v) is 12.2. The molecule has 0 aromatic heterocycles. The Morgan fingerprint density at radius 3 is 2.12 bits per heavy atom. The fourth-order valence-electron chi connectivity index (χ4n) is 1.42. The van der Waals surface area contributed by atoms with Crippen LogP contribution in [-0.4, -0.2) is 15.0 Å². The van der Waals surface area contributed by atoms with Crippen LogP contribution in [0.15, 0.2) is 69.4 Å². The van der Waals surface area contributed by atoms with Crippen LogP contribution >= 0.6 is 11.8 Å². The first-order valence-corrected chi connectivity index (χ1v) is 8.81. The van der Waals surface area contributed by atoms with Crippen molar-refractivity contribution in [1.29, 1.82) is 0 Å².